The SMILES string of the molecule is Cc1ccc2nc(C3CCN(Cc4ccc5ccccc5c4)CC3)[nH]c2c1. The summed E-state index contributed by atoms with van der Waals surface area (Å²) < 4.78 is 0. The van der Waals surface area contributed by atoms with Crippen molar-refractivity contribution in [1.82, 2.24) is 14.9 Å². The number of imidazole rings is 1. The Labute approximate surface area is 160 Å². The fourth-order valence-corrected chi connectivity index (χ4v) is 4.30. The third-order valence-corrected chi connectivity index (χ3v) is 5.85. The number of nitrogens with zero attached hydrogens (tertiary/aromatic N) is 2. The number of hydrogen-bond acceptors (Lipinski definition) is 2. The van der Waals surface area contributed by atoms with E-state index >= 15 is 0 Å². The van der Waals surface area contributed by atoms with Gasteiger partial charge in [0.15, 0.2) is 0 Å². The molecule has 1 fully saturated rings. The van der Waals surface area contributed by atoms with E-state index in [1.807, 2.05) is 0 Å². The number of nitrogens with one attached hydrogen (secondary N) is 1. The van der Waals surface area contributed by atoms with Crippen LogP contribution in [0.5, 0.6) is 0 Å². The summed E-state index contributed by atoms with van der Waals surface area (Å²) >= 11 is 0. The molecule has 0 saturated carbocycles. The molecule has 0 atom stereocenters. The highest BCUT2D eigenvalue weighted by Gasteiger charge is 2.23. The van der Waals surface area contributed by atoms with Crippen LogP contribution in [0.2, 0.25) is 0 Å². The van der Waals surface area contributed by atoms with E-state index in [1.165, 1.54) is 46.1 Å². The normalized spacial score (nSPS) is 16.3. The van der Waals surface area contributed by atoms with Gasteiger partial charge in [0, 0.05) is 12.5 Å². The zero-order valence-corrected chi connectivity index (χ0v) is 15.8. The second-order valence-electron chi connectivity index (χ2n) is 7.87. The zero-order valence-electron chi connectivity index (χ0n) is 15.8. The quantitative estimate of drug-likeness (QED) is 0.533. The first-order valence-corrected chi connectivity index (χ1v) is 9.91. The van der Waals surface area contributed by atoms with Crippen LogP contribution in [-0.4, -0.2) is 28.0 Å². The molecule has 136 valence electrons. The summed E-state index contributed by atoms with van der Waals surface area (Å²) in [7, 11) is 0. The molecule has 0 unspecified atom stereocenters. The van der Waals surface area contributed by atoms with Crippen LogP contribution in [0.1, 0.15) is 35.7 Å². The van der Waals surface area contributed by atoms with Gasteiger partial charge in [0.1, 0.15) is 5.82 Å². The number of H-pyrrole nitrogens is 1. The third kappa shape index (κ3) is 3.35. The number of aromatic amines is 1. The summed E-state index contributed by atoms with van der Waals surface area (Å²) in [4.78, 5) is 11.0. The van der Waals surface area contributed by atoms with Gasteiger partial charge < -0.3 is 4.98 Å². The van der Waals surface area contributed by atoms with Crippen LogP contribution in [0.25, 0.3) is 21.8 Å². The first-order chi connectivity index (χ1) is 13.2. The summed E-state index contributed by atoms with van der Waals surface area (Å²) in [6.07, 6.45) is 2.35. The maximum Gasteiger partial charge on any atom is 0.110 e. The highest BCUT2D eigenvalue weighted by Crippen LogP contribution is 2.29. The molecule has 3 nitrogen and oxygen atoms in total. The monoisotopic (exact) mass is 355 g/mol. The van der Waals surface area contributed by atoms with Gasteiger partial charge >= 0.3 is 0 Å². The molecule has 4 aromatic rings. The van der Waals surface area contributed by atoms with Crippen molar-refractivity contribution in [2.24, 2.45) is 0 Å². The molecule has 3 heteroatoms. The number of fused-ring (bicyclic) bond motifs is 2. The number of rotatable bonds is 3. The summed E-state index contributed by atoms with van der Waals surface area (Å²) in [6, 6.07) is 21.9. The van der Waals surface area contributed by atoms with E-state index in [2.05, 4.69) is 77.5 Å². The number of hydrogen-bond donors (Lipinski definition) is 1. The molecule has 1 aliphatic rings. The van der Waals surface area contributed by atoms with Crippen molar-refractivity contribution in [3.8, 4) is 0 Å². The summed E-state index contributed by atoms with van der Waals surface area (Å²) in [6.45, 7) is 5.43. The van der Waals surface area contributed by atoms with Gasteiger partial charge in [-0.05, 0) is 73.0 Å². The second kappa shape index (κ2) is 6.82. The maximum absolute atomic E-state index is 4.85. The molecule has 3 aromatic carbocycles. The van der Waals surface area contributed by atoms with Gasteiger partial charge in [-0.3, -0.25) is 4.90 Å². The fraction of sp³-hybridized carbons (Fsp3) is 0.292. The van der Waals surface area contributed by atoms with E-state index in [4.69, 9.17) is 4.98 Å². The van der Waals surface area contributed by atoms with E-state index in [0.29, 0.717) is 5.92 Å². The third-order valence-electron chi connectivity index (χ3n) is 5.85. The molecule has 5 rings (SSSR count). The molecular formula is C24H25N3. The molecule has 1 saturated heterocycles. The van der Waals surface area contributed by atoms with E-state index in [1.54, 1.807) is 0 Å². The lowest BCUT2D eigenvalue weighted by Crippen LogP contribution is -2.32. The Bertz CT molecular complexity index is 1090. The van der Waals surface area contributed by atoms with Crippen LogP contribution >= 0.6 is 0 Å². The number of aromatic nitrogens is 2. The molecular weight excluding hydrogens is 330 g/mol. The highest BCUT2D eigenvalue weighted by atomic mass is 15.1. The van der Waals surface area contributed by atoms with E-state index in [0.717, 1.165) is 25.2 Å². The molecule has 2 heterocycles. The van der Waals surface area contributed by atoms with Gasteiger partial charge in [0.25, 0.3) is 0 Å². The first-order valence-electron chi connectivity index (χ1n) is 9.91. The minimum atomic E-state index is 0.547. The number of piperidine rings is 1. The van der Waals surface area contributed by atoms with Crippen molar-refractivity contribution >= 4 is 21.8 Å². The summed E-state index contributed by atoms with van der Waals surface area (Å²) in [5.41, 5.74) is 4.95. The van der Waals surface area contributed by atoms with Crippen molar-refractivity contribution < 1.29 is 0 Å². The van der Waals surface area contributed by atoms with Crippen LogP contribution in [0.3, 0.4) is 0 Å². The fourth-order valence-electron chi connectivity index (χ4n) is 4.30. The number of aryl methyl sites for hydroxylation is 1. The van der Waals surface area contributed by atoms with E-state index < -0.39 is 0 Å². The molecule has 1 N–H and O–H groups in total. The minimum absolute atomic E-state index is 0.547. The molecule has 0 spiro atoms. The average Bonchev–Trinajstić information content (AvgIpc) is 3.11. The van der Waals surface area contributed by atoms with Crippen LogP contribution in [0, 0.1) is 6.92 Å². The van der Waals surface area contributed by atoms with Crippen LogP contribution < -0.4 is 0 Å². The van der Waals surface area contributed by atoms with Crippen LogP contribution in [0.15, 0.2) is 60.7 Å². The number of benzene rings is 3. The molecule has 0 bridgehead atoms. The first kappa shape index (κ1) is 16.5. The average molecular weight is 355 g/mol. The molecule has 1 aliphatic heterocycles. The van der Waals surface area contributed by atoms with Crippen molar-refractivity contribution in [3.63, 3.8) is 0 Å². The topological polar surface area (TPSA) is 31.9 Å². The second-order valence-corrected chi connectivity index (χ2v) is 7.87. The smallest absolute Gasteiger partial charge is 0.110 e. The summed E-state index contributed by atoms with van der Waals surface area (Å²) in [5.74, 6) is 1.71. The standard InChI is InChI=1S/C24H25N3/c1-17-6-9-22-23(14-17)26-24(25-22)20-10-12-27(13-11-20)16-18-7-8-19-4-2-3-5-21(19)15-18/h2-9,14-15,20H,10-13,16H2,1H3,(H,25,26). The molecule has 0 aliphatic carbocycles. The predicted octanol–water partition coefficient (Wildman–Crippen LogP) is 5.40. The van der Waals surface area contributed by atoms with E-state index in [9.17, 15) is 0 Å². The lowest BCUT2D eigenvalue weighted by atomic mass is 9.95. The Morgan fingerprint density at radius 1 is 0.963 bits per heavy atom. The van der Waals surface area contributed by atoms with Gasteiger partial charge in [-0.2, -0.15) is 0 Å². The van der Waals surface area contributed by atoms with Gasteiger partial charge in [0.2, 0.25) is 0 Å². The molecule has 0 amide bonds. The van der Waals surface area contributed by atoms with E-state index in [-0.39, 0.29) is 0 Å². The Balaban J connectivity index is 1.26. The highest BCUT2D eigenvalue weighted by molar-refractivity contribution is 5.83. The van der Waals surface area contributed by atoms with Crippen molar-refractivity contribution in [2.45, 2.75) is 32.2 Å². The Morgan fingerprint density at radius 3 is 2.63 bits per heavy atom. The lowest BCUT2D eigenvalue weighted by Gasteiger charge is -2.31. The predicted molar refractivity (Wildman–Crippen MR) is 112 cm³/mol. The maximum atomic E-state index is 4.85. The molecule has 27 heavy (non-hydrogen) atoms. The lowest BCUT2D eigenvalue weighted by molar-refractivity contribution is 0.202. The van der Waals surface area contributed by atoms with Crippen molar-refractivity contribution in [2.75, 3.05) is 13.1 Å². The Kier molecular flexibility index (Phi) is 4.17. The van der Waals surface area contributed by atoms with Crippen molar-refractivity contribution in [1.29, 1.82) is 0 Å². The zero-order chi connectivity index (χ0) is 18.2. The largest absolute Gasteiger partial charge is 0.342 e. The van der Waals surface area contributed by atoms with Crippen LogP contribution in [0.4, 0.5) is 0 Å². The molecule has 1 aromatic heterocycles. The van der Waals surface area contributed by atoms with Gasteiger partial charge in [0.05, 0.1) is 11.0 Å². The molecule has 0 radical (unpaired) electrons. The Hall–Kier alpha value is -2.65. The van der Waals surface area contributed by atoms with Crippen LogP contribution in [-0.2, 0) is 6.54 Å². The summed E-state index contributed by atoms with van der Waals surface area (Å²) in [5, 5.41) is 2.66. The minimum Gasteiger partial charge on any atom is -0.342 e. The Morgan fingerprint density at radius 2 is 1.78 bits per heavy atom. The van der Waals surface area contributed by atoms with Gasteiger partial charge in [-0.1, -0.05) is 42.5 Å². The number of likely N-dealkylation sites (tertiary alicyclic amines) is 1. The van der Waals surface area contributed by atoms with Gasteiger partial charge in [-0.15, -0.1) is 0 Å². The van der Waals surface area contributed by atoms with Gasteiger partial charge in [-0.25, -0.2) is 4.98 Å². The van der Waals surface area contributed by atoms with Crippen molar-refractivity contribution in [3.05, 3.63) is 77.6 Å².